The maximum atomic E-state index is 12.1. The molecular weight excluding hydrogens is 286 g/mol. The van der Waals surface area contributed by atoms with Crippen molar-refractivity contribution in [1.82, 2.24) is 15.5 Å². The van der Waals surface area contributed by atoms with Crippen LogP contribution >= 0.6 is 0 Å². The lowest BCUT2D eigenvalue weighted by Crippen LogP contribution is -2.50. The van der Waals surface area contributed by atoms with Crippen molar-refractivity contribution in [3.05, 3.63) is 0 Å². The van der Waals surface area contributed by atoms with Crippen molar-refractivity contribution in [2.75, 3.05) is 19.6 Å². The van der Waals surface area contributed by atoms with Crippen LogP contribution in [-0.4, -0.2) is 53.6 Å². The first-order valence-electron chi connectivity index (χ1n) is 7.88. The zero-order valence-electron chi connectivity index (χ0n) is 13.6. The summed E-state index contributed by atoms with van der Waals surface area (Å²) in [6, 6.07) is -0.170. The van der Waals surface area contributed by atoms with Gasteiger partial charge in [-0.25, -0.2) is 4.79 Å². The topological polar surface area (TPSA) is 98.7 Å². The number of likely N-dealkylation sites (tertiary alicyclic amines) is 1. The Hall–Kier alpha value is -1.79. The fourth-order valence-corrected chi connectivity index (χ4v) is 2.54. The molecule has 1 aliphatic heterocycles. The molecule has 1 fully saturated rings. The van der Waals surface area contributed by atoms with Crippen molar-refractivity contribution in [2.24, 2.45) is 11.8 Å². The third kappa shape index (κ3) is 5.91. The first-order valence-corrected chi connectivity index (χ1v) is 7.88. The van der Waals surface area contributed by atoms with Crippen LogP contribution in [0, 0.1) is 11.8 Å². The van der Waals surface area contributed by atoms with E-state index in [9.17, 15) is 14.4 Å². The summed E-state index contributed by atoms with van der Waals surface area (Å²) in [5, 5.41) is 14.6. The molecule has 1 saturated heterocycles. The molecule has 126 valence electrons. The molecule has 7 nitrogen and oxygen atoms in total. The molecule has 1 heterocycles. The van der Waals surface area contributed by atoms with Gasteiger partial charge in [-0.3, -0.25) is 9.59 Å². The summed E-state index contributed by atoms with van der Waals surface area (Å²) >= 11 is 0. The minimum absolute atomic E-state index is 0.0925. The molecule has 0 aromatic heterocycles. The number of urea groups is 1. The number of piperidine rings is 1. The molecule has 3 atom stereocenters. The summed E-state index contributed by atoms with van der Waals surface area (Å²) in [6.07, 6.45) is 1.68. The van der Waals surface area contributed by atoms with Crippen LogP contribution in [0.3, 0.4) is 0 Å². The van der Waals surface area contributed by atoms with Crippen LogP contribution in [0.5, 0.6) is 0 Å². The molecule has 3 amide bonds. The molecule has 1 rings (SSSR count). The molecule has 0 saturated carbocycles. The maximum Gasteiger partial charge on any atom is 0.317 e. The lowest BCUT2D eigenvalue weighted by Gasteiger charge is -2.34. The number of amides is 3. The zero-order chi connectivity index (χ0) is 16.7. The maximum absolute atomic E-state index is 12.1. The van der Waals surface area contributed by atoms with E-state index in [0.29, 0.717) is 13.0 Å². The quantitative estimate of drug-likeness (QED) is 0.682. The SMILES string of the molecule is CCC(C)NC(=O)CCNC(=O)N1CC(C)CC(C(=O)O)C1. The average Bonchev–Trinajstić information content (AvgIpc) is 2.46. The van der Waals surface area contributed by atoms with Gasteiger partial charge < -0.3 is 20.6 Å². The van der Waals surface area contributed by atoms with Crippen LogP contribution in [0.1, 0.15) is 40.0 Å². The molecule has 0 spiro atoms. The smallest absolute Gasteiger partial charge is 0.317 e. The van der Waals surface area contributed by atoms with E-state index >= 15 is 0 Å². The Bertz CT molecular complexity index is 414. The van der Waals surface area contributed by atoms with E-state index in [4.69, 9.17) is 5.11 Å². The monoisotopic (exact) mass is 313 g/mol. The number of nitrogens with one attached hydrogen (secondary N) is 2. The van der Waals surface area contributed by atoms with E-state index in [2.05, 4.69) is 10.6 Å². The van der Waals surface area contributed by atoms with E-state index in [1.54, 1.807) is 0 Å². The Morgan fingerprint density at radius 1 is 1.32 bits per heavy atom. The first-order chi connectivity index (χ1) is 10.3. The lowest BCUT2D eigenvalue weighted by atomic mass is 9.91. The second-order valence-corrected chi connectivity index (χ2v) is 6.14. The Morgan fingerprint density at radius 2 is 2.00 bits per heavy atom. The minimum atomic E-state index is -0.864. The highest BCUT2D eigenvalue weighted by atomic mass is 16.4. The fourth-order valence-electron chi connectivity index (χ4n) is 2.54. The van der Waals surface area contributed by atoms with Crippen LogP contribution in [0.4, 0.5) is 4.79 Å². The van der Waals surface area contributed by atoms with Crippen molar-refractivity contribution in [3.8, 4) is 0 Å². The summed E-state index contributed by atoms with van der Waals surface area (Å²) in [5.74, 6) is -1.31. The summed E-state index contributed by atoms with van der Waals surface area (Å²) < 4.78 is 0. The molecule has 0 aromatic rings. The van der Waals surface area contributed by atoms with Crippen LogP contribution in [0.15, 0.2) is 0 Å². The van der Waals surface area contributed by atoms with E-state index in [1.165, 1.54) is 4.90 Å². The molecule has 0 aromatic carbocycles. The number of carbonyl (C=O) groups excluding carboxylic acids is 2. The first kappa shape index (κ1) is 18.3. The predicted octanol–water partition coefficient (Wildman–Crippen LogP) is 1.04. The number of nitrogens with zero attached hydrogens (tertiary/aromatic N) is 1. The number of carbonyl (C=O) groups is 3. The predicted molar refractivity (Wildman–Crippen MR) is 82.4 cm³/mol. The lowest BCUT2D eigenvalue weighted by molar-refractivity contribution is -0.143. The number of rotatable bonds is 6. The second-order valence-electron chi connectivity index (χ2n) is 6.14. The molecule has 0 radical (unpaired) electrons. The van der Waals surface area contributed by atoms with E-state index in [0.717, 1.165) is 6.42 Å². The number of carboxylic acid groups (broad SMARTS) is 1. The third-order valence-corrected chi connectivity index (χ3v) is 3.94. The third-order valence-electron chi connectivity index (χ3n) is 3.94. The average molecular weight is 313 g/mol. The summed E-state index contributed by atoms with van der Waals surface area (Å²) in [7, 11) is 0. The second kappa shape index (κ2) is 8.60. The van der Waals surface area contributed by atoms with Gasteiger partial charge in [-0.05, 0) is 25.7 Å². The largest absolute Gasteiger partial charge is 0.481 e. The van der Waals surface area contributed by atoms with Gasteiger partial charge in [0.1, 0.15) is 0 Å². The summed E-state index contributed by atoms with van der Waals surface area (Å²) in [6.45, 7) is 6.89. The Labute approximate surface area is 131 Å². The van der Waals surface area contributed by atoms with Gasteiger partial charge in [-0.1, -0.05) is 13.8 Å². The van der Waals surface area contributed by atoms with Gasteiger partial charge in [0.15, 0.2) is 0 Å². The van der Waals surface area contributed by atoms with Crippen molar-refractivity contribution in [2.45, 2.75) is 46.1 Å². The molecule has 0 aliphatic carbocycles. The fraction of sp³-hybridized carbons (Fsp3) is 0.800. The highest BCUT2D eigenvalue weighted by Crippen LogP contribution is 2.21. The number of hydrogen-bond acceptors (Lipinski definition) is 3. The van der Waals surface area contributed by atoms with Crippen LogP contribution in [0.25, 0.3) is 0 Å². The molecular formula is C15H27N3O4. The zero-order valence-corrected chi connectivity index (χ0v) is 13.6. The van der Waals surface area contributed by atoms with Gasteiger partial charge in [0.2, 0.25) is 5.91 Å². The van der Waals surface area contributed by atoms with Crippen LogP contribution < -0.4 is 10.6 Å². The Kier molecular flexibility index (Phi) is 7.14. The summed E-state index contributed by atoms with van der Waals surface area (Å²) in [5.41, 5.74) is 0. The molecule has 3 unspecified atom stereocenters. The van der Waals surface area contributed by atoms with Crippen LogP contribution in [0.2, 0.25) is 0 Å². The Balaban J connectivity index is 2.35. The molecule has 3 N–H and O–H groups in total. The minimum Gasteiger partial charge on any atom is -0.481 e. The summed E-state index contributed by atoms with van der Waals surface area (Å²) in [4.78, 5) is 36.3. The van der Waals surface area contributed by atoms with Crippen molar-refractivity contribution in [1.29, 1.82) is 0 Å². The normalized spacial score (nSPS) is 22.8. The van der Waals surface area contributed by atoms with Crippen molar-refractivity contribution in [3.63, 3.8) is 0 Å². The van der Waals surface area contributed by atoms with Gasteiger partial charge in [-0.15, -0.1) is 0 Å². The van der Waals surface area contributed by atoms with Gasteiger partial charge in [0.05, 0.1) is 5.92 Å². The number of aliphatic carboxylic acids is 1. The Morgan fingerprint density at radius 3 is 2.59 bits per heavy atom. The van der Waals surface area contributed by atoms with E-state index in [1.807, 2.05) is 20.8 Å². The highest BCUT2D eigenvalue weighted by molar-refractivity contribution is 5.79. The van der Waals surface area contributed by atoms with Gasteiger partial charge in [0.25, 0.3) is 0 Å². The molecule has 1 aliphatic rings. The van der Waals surface area contributed by atoms with E-state index < -0.39 is 11.9 Å². The van der Waals surface area contributed by atoms with Gasteiger partial charge >= 0.3 is 12.0 Å². The molecule has 7 heteroatoms. The van der Waals surface area contributed by atoms with E-state index in [-0.39, 0.29) is 43.4 Å². The van der Waals surface area contributed by atoms with Crippen molar-refractivity contribution < 1.29 is 19.5 Å². The standard InChI is InChI=1S/C15H27N3O4/c1-4-11(3)17-13(19)5-6-16-15(22)18-8-10(2)7-12(9-18)14(20)21/h10-12H,4-9H2,1-3H3,(H,16,22)(H,17,19)(H,20,21). The number of carboxylic acids is 1. The molecule has 22 heavy (non-hydrogen) atoms. The van der Waals surface area contributed by atoms with Crippen molar-refractivity contribution >= 4 is 17.9 Å². The van der Waals surface area contributed by atoms with Crippen LogP contribution in [-0.2, 0) is 9.59 Å². The highest BCUT2D eigenvalue weighted by Gasteiger charge is 2.31. The van der Waals surface area contributed by atoms with Gasteiger partial charge in [0, 0.05) is 32.1 Å². The van der Waals surface area contributed by atoms with Gasteiger partial charge in [-0.2, -0.15) is 0 Å². The molecule has 0 bridgehead atoms. The number of hydrogen-bond donors (Lipinski definition) is 3.